The number of H-pyrrole nitrogens is 1. The Hall–Kier alpha value is -1.78. The van der Waals surface area contributed by atoms with Gasteiger partial charge < -0.3 is 5.73 Å². The molecule has 0 radical (unpaired) electrons. The van der Waals surface area contributed by atoms with Gasteiger partial charge >= 0.3 is 0 Å². The quantitative estimate of drug-likeness (QED) is 0.670. The number of aromatic amines is 1. The Morgan fingerprint density at radius 3 is 2.62 bits per heavy atom. The molecule has 1 heterocycles. The predicted molar refractivity (Wildman–Crippen MR) is 91.3 cm³/mol. The summed E-state index contributed by atoms with van der Waals surface area (Å²) in [5.41, 5.74) is 10.7. The molecule has 0 saturated carbocycles. The third-order valence-corrected chi connectivity index (χ3v) is 4.34. The molecule has 0 aliphatic heterocycles. The number of nitrogen functional groups attached to an aromatic ring is 1. The maximum atomic E-state index is 6.37. The number of hydrogen-bond donors (Lipinski definition) is 2. The van der Waals surface area contributed by atoms with E-state index in [4.69, 9.17) is 17.3 Å². The van der Waals surface area contributed by atoms with Gasteiger partial charge in [0.2, 0.25) is 0 Å². The van der Waals surface area contributed by atoms with Crippen LogP contribution in [-0.4, -0.2) is 10.2 Å². The highest BCUT2D eigenvalue weighted by Crippen LogP contribution is 2.40. The summed E-state index contributed by atoms with van der Waals surface area (Å²) in [5, 5.41) is 7.82. The van der Waals surface area contributed by atoms with Crippen LogP contribution in [0.2, 0.25) is 5.02 Å². The molecule has 1 aromatic heterocycles. The van der Waals surface area contributed by atoms with E-state index in [-0.39, 0.29) is 0 Å². The fourth-order valence-electron chi connectivity index (χ4n) is 2.31. The fraction of sp³-hybridized carbons (Fsp3) is 0.0625. The number of benzene rings is 2. The van der Waals surface area contributed by atoms with Gasteiger partial charge in [-0.2, -0.15) is 5.10 Å². The summed E-state index contributed by atoms with van der Waals surface area (Å²) in [4.78, 5) is 0. The molecular weight excluding hydrogens is 350 g/mol. The van der Waals surface area contributed by atoms with Crippen LogP contribution < -0.4 is 5.73 Å². The third-order valence-electron chi connectivity index (χ3n) is 3.33. The lowest BCUT2D eigenvalue weighted by Crippen LogP contribution is -1.90. The minimum absolute atomic E-state index is 0.452. The van der Waals surface area contributed by atoms with Gasteiger partial charge in [-0.25, -0.2) is 0 Å². The molecule has 0 fully saturated rings. The molecule has 3 rings (SSSR count). The first-order chi connectivity index (χ1) is 10.1. The number of aromatic nitrogens is 2. The monoisotopic (exact) mass is 361 g/mol. The Kier molecular flexibility index (Phi) is 3.74. The zero-order valence-corrected chi connectivity index (χ0v) is 13.7. The van der Waals surface area contributed by atoms with Crippen molar-refractivity contribution in [3.63, 3.8) is 0 Å². The maximum absolute atomic E-state index is 6.37. The van der Waals surface area contributed by atoms with Gasteiger partial charge in [0.1, 0.15) is 0 Å². The summed E-state index contributed by atoms with van der Waals surface area (Å²) in [7, 11) is 0. The van der Waals surface area contributed by atoms with Crippen molar-refractivity contribution in [1.82, 2.24) is 10.2 Å². The number of anilines is 1. The van der Waals surface area contributed by atoms with E-state index < -0.39 is 0 Å². The van der Waals surface area contributed by atoms with Crippen molar-refractivity contribution in [3.8, 4) is 22.4 Å². The second kappa shape index (κ2) is 5.54. The fourth-order valence-corrected chi connectivity index (χ4v) is 3.12. The summed E-state index contributed by atoms with van der Waals surface area (Å²) in [6.07, 6.45) is 0. The van der Waals surface area contributed by atoms with Crippen LogP contribution in [0.15, 0.2) is 46.9 Å². The van der Waals surface area contributed by atoms with Crippen molar-refractivity contribution in [2.45, 2.75) is 6.92 Å². The molecule has 2 aromatic carbocycles. The average Bonchev–Trinajstić information content (AvgIpc) is 2.81. The smallest absolute Gasteiger partial charge is 0.153 e. The van der Waals surface area contributed by atoms with E-state index in [1.807, 2.05) is 49.4 Å². The van der Waals surface area contributed by atoms with E-state index in [2.05, 4.69) is 26.1 Å². The minimum atomic E-state index is 0.452. The number of hydrogen-bond acceptors (Lipinski definition) is 2. The molecule has 0 unspecified atom stereocenters. The molecule has 106 valence electrons. The lowest BCUT2D eigenvalue weighted by Gasteiger charge is -2.09. The molecule has 0 spiro atoms. The van der Waals surface area contributed by atoms with Crippen LogP contribution in [0.3, 0.4) is 0 Å². The molecular formula is C16H13BrClN3. The Bertz CT molecular complexity index is 811. The van der Waals surface area contributed by atoms with Gasteiger partial charge in [0.05, 0.1) is 16.3 Å². The van der Waals surface area contributed by atoms with E-state index in [0.29, 0.717) is 10.8 Å². The van der Waals surface area contributed by atoms with E-state index in [1.165, 1.54) is 0 Å². The van der Waals surface area contributed by atoms with Crippen LogP contribution in [-0.2, 0) is 0 Å². The largest absolute Gasteiger partial charge is 0.382 e. The van der Waals surface area contributed by atoms with Crippen molar-refractivity contribution < 1.29 is 0 Å². The van der Waals surface area contributed by atoms with E-state index in [1.54, 1.807) is 0 Å². The maximum Gasteiger partial charge on any atom is 0.153 e. The highest BCUT2D eigenvalue weighted by Gasteiger charge is 2.18. The molecule has 3 N–H and O–H groups in total. The van der Waals surface area contributed by atoms with Crippen LogP contribution in [0, 0.1) is 6.92 Å². The number of nitrogens with two attached hydrogens (primary N) is 1. The molecule has 0 aliphatic rings. The summed E-state index contributed by atoms with van der Waals surface area (Å²) < 4.78 is 0.961. The van der Waals surface area contributed by atoms with Crippen molar-refractivity contribution in [2.24, 2.45) is 0 Å². The molecule has 21 heavy (non-hydrogen) atoms. The highest BCUT2D eigenvalue weighted by atomic mass is 79.9. The zero-order chi connectivity index (χ0) is 15.0. The summed E-state index contributed by atoms with van der Waals surface area (Å²) in [6, 6.07) is 13.8. The van der Waals surface area contributed by atoms with Crippen molar-refractivity contribution in [2.75, 3.05) is 5.73 Å². The summed E-state index contributed by atoms with van der Waals surface area (Å²) in [6.45, 7) is 2.01. The van der Waals surface area contributed by atoms with Gasteiger partial charge in [0, 0.05) is 15.6 Å². The standard InChI is InChI=1S/C16H13BrClN3/c1-9-6-7-11(13(18)8-9)15-14(16(19)21-20-15)10-4-2-3-5-12(10)17/h2-8H,1H3,(H3,19,20,21). The minimum Gasteiger partial charge on any atom is -0.382 e. The SMILES string of the molecule is Cc1ccc(-c2[nH]nc(N)c2-c2ccccc2Br)c(Cl)c1. The molecule has 5 heteroatoms. The van der Waals surface area contributed by atoms with Gasteiger partial charge in [0.15, 0.2) is 5.82 Å². The van der Waals surface area contributed by atoms with Crippen LogP contribution in [0.4, 0.5) is 5.82 Å². The molecule has 3 aromatic rings. The van der Waals surface area contributed by atoms with E-state index >= 15 is 0 Å². The zero-order valence-electron chi connectivity index (χ0n) is 11.3. The highest BCUT2D eigenvalue weighted by molar-refractivity contribution is 9.10. The van der Waals surface area contributed by atoms with Crippen LogP contribution in [0.25, 0.3) is 22.4 Å². The Morgan fingerprint density at radius 1 is 1.14 bits per heavy atom. The normalized spacial score (nSPS) is 10.8. The molecule has 3 nitrogen and oxygen atoms in total. The number of halogens is 2. The Morgan fingerprint density at radius 2 is 1.90 bits per heavy atom. The van der Waals surface area contributed by atoms with Gasteiger partial charge in [-0.3, -0.25) is 5.10 Å². The average molecular weight is 363 g/mol. The number of nitrogens with zero attached hydrogens (tertiary/aromatic N) is 1. The number of aryl methyl sites for hydroxylation is 1. The molecule has 0 saturated heterocycles. The summed E-state index contributed by atoms with van der Waals surface area (Å²) in [5.74, 6) is 0.452. The van der Waals surface area contributed by atoms with Crippen molar-refractivity contribution in [3.05, 3.63) is 57.5 Å². The van der Waals surface area contributed by atoms with Gasteiger partial charge in [-0.15, -0.1) is 0 Å². The Labute approximate surface area is 136 Å². The lowest BCUT2D eigenvalue weighted by molar-refractivity contribution is 1.10. The molecule has 0 aliphatic carbocycles. The van der Waals surface area contributed by atoms with Crippen LogP contribution in [0.5, 0.6) is 0 Å². The van der Waals surface area contributed by atoms with Crippen LogP contribution in [0.1, 0.15) is 5.56 Å². The Balaban J connectivity index is 2.25. The first kappa shape index (κ1) is 14.2. The second-order valence-corrected chi connectivity index (χ2v) is 6.08. The van der Waals surface area contributed by atoms with E-state index in [0.717, 1.165) is 32.4 Å². The van der Waals surface area contributed by atoms with E-state index in [9.17, 15) is 0 Å². The first-order valence-corrected chi connectivity index (χ1v) is 7.60. The number of rotatable bonds is 2. The van der Waals surface area contributed by atoms with Crippen molar-refractivity contribution >= 4 is 33.3 Å². The van der Waals surface area contributed by atoms with Gasteiger partial charge in [0.25, 0.3) is 0 Å². The van der Waals surface area contributed by atoms with Crippen molar-refractivity contribution in [1.29, 1.82) is 0 Å². The lowest BCUT2D eigenvalue weighted by atomic mass is 10.00. The molecule has 0 bridgehead atoms. The molecule has 0 amide bonds. The first-order valence-electron chi connectivity index (χ1n) is 6.43. The second-order valence-electron chi connectivity index (χ2n) is 4.82. The number of nitrogens with one attached hydrogen (secondary N) is 1. The van der Waals surface area contributed by atoms with Crippen LogP contribution >= 0.6 is 27.5 Å². The summed E-state index contributed by atoms with van der Waals surface area (Å²) >= 11 is 9.93. The predicted octanol–water partition coefficient (Wildman–Crippen LogP) is 5.05. The topological polar surface area (TPSA) is 54.7 Å². The molecule has 0 atom stereocenters. The van der Waals surface area contributed by atoms with Gasteiger partial charge in [-0.1, -0.05) is 57.9 Å². The third kappa shape index (κ3) is 2.57. The van der Waals surface area contributed by atoms with Gasteiger partial charge in [-0.05, 0) is 24.6 Å².